The standard InChI is InChI=1S/C12H22N2O3/c1-10(2)8-14-6-4-12(5-7-14,11(16)17)13(3)9-15/h9-10H,4-8H2,1-3H3,(H,16,17). The average molecular weight is 242 g/mol. The van der Waals surface area contributed by atoms with Gasteiger partial charge in [-0.25, -0.2) is 4.79 Å². The molecule has 1 N–H and O–H groups in total. The summed E-state index contributed by atoms with van der Waals surface area (Å²) in [5.41, 5.74) is -1.00. The Bertz CT molecular complexity index is 283. The summed E-state index contributed by atoms with van der Waals surface area (Å²) in [6.45, 7) is 6.76. The molecule has 1 saturated heterocycles. The Labute approximate surface area is 102 Å². The lowest BCUT2D eigenvalue weighted by molar-refractivity contribution is -0.157. The van der Waals surface area contributed by atoms with Crippen molar-refractivity contribution in [3.63, 3.8) is 0 Å². The fourth-order valence-electron chi connectivity index (χ4n) is 2.44. The van der Waals surface area contributed by atoms with Crippen molar-refractivity contribution in [2.24, 2.45) is 5.92 Å². The van der Waals surface area contributed by atoms with Crippen molar-refractivity contribution < 1.29 is 14.7 Å². The van der Waals surface area contributed by atoms with Crippen LogP contribution in [0.15, 0.2) is 0 Å². The monoisotopic (exact) mass is 242 g/mol. The number of carbonyl (C=O) groups is 2. The molecule has 1 aliphatic rings. The summed E-state index contributed by atoms with van der Waals surface area (Å²) in [7, 11) is 1.55. The molecule has 0 aromatic rings. The number of hydrogen-bond acceptors (Lipinski definition) is 3. The van der Waals surface area contributed by atoms with Gasteiger partial charge >= 0.3 is 5.97 Å². The molecule has 0 saturated carbocycles. The Morgan fingerprint density at radius 3 is 2.35 bits per heavy atom. The SMILES string of the molecule is CC(C)CN1CCC(C(=O)O)(N(C)C=O)CC1. The highest BCUT2D eigenvalue weighted by atomic mass is 16.4. The van der Waals surface area contributed by atoms with E-state index in [4.69, 9.17) is 0 Å². The topological polar surface area (TPSA) is 60.9 Å². The molecule has 1 rings (SSSR count). The van der Waals surface area contributed by atoms with E-state index in [-0.39, 0.29) is 0 Å². The molecule has 0 unspecified atom stereocenters. The van der Waals surface area contributed by atoms with Gasteiger partial charge in [0.15, 0.2) is 0 Å². The van der Waals surface area contributed by atoms with Gasteiger partial charge in [-0.05, 0) is 18.8 Å². The summed E-state index contributed by atoms with van der Waals surface area (Å²) >= 11 is 0. The molecule has 0 aromatic carbocycles. The van der Waals surface area contributed by atoms with Crippen molar-refractivity contribution in [3.05, 3.63) is 0 Å². The highest BCUT2D eigenvalue weighted by Crippen LogP contribution is 2.27. The number of amides is 1. The number of piperidine rings is 1. The van der Waals surface area contributed by atoms with Crippen molar-refractivity contribution in [1.29, 1.82) is 0 Å². The third-order valence-electron chi connectivity index (χ3n) is 3.54. The zero-order chi connectivity index (χ0) is 13.1. The molecule has 5 heteroatoms. The summed E-state index contributed by atoms with van der Waals surface area (Å²) in [5.74, 6) is -0.313. The lowest BCUT2D eigenvalue weighted by Gasteiger charge is -2.43. The van der Waals surface area contributed by atoms with E-state index in [2.05, 4.69) is 18.7 Å². The Morgan fingerprint density at radius 1 is 1.47 bits per heavy atom. The second-order valence-electron chi connectivity index (χ2n) is 5.25. The largest absolute Gasteiger partial charge is 0.479 e. The third kappa shape index (κ3) is 2.97. The van der Waals surface area contributed by atoms with E-state index >= 15 is 0 Å². The first-order valence-corrected chi connectivity index (χ1v) is 6.06. The van der Waals surface area contributed by atoms with Crippen LogP contribution < -0.4 is 0 Å². The van der Waals surface area contributed by atoms with E-state index in [1.807, 2.05) is 0 Å². The second-order valence-corrected chi connectivity index (χ2v) is 5.25. The van der Waals surface area contributed by atoms with Crippen LogP contribution in [0.2, 0.25) is 0 Å². The summed E-state index contributed by atoms with van der Waals surface area (Å²) in [6, 6.07) is 0. The van der Waals surface area contributed by atoms with Crippen molar-refractivity contribution in [1.82, 2.24) is 9.80 Å². The highest BCUT2D eigenvalue weighted by molar-refractivity contribution is 5.81. The molecule has 0 spiro atoms. The molecule has 5 nitrogen and oxygen atoms in total. The molecule has 0 bridgehead atoms. The molecule has 98 valence electrons. The number of carboxylic acid groups (broad SMARTS) is 1. The molecule has 0 radical (unpaired) electrons. The van der Waals surface area contributed by atoms with E-state index < -0.39 is 11.5 Å². The van der Waals surface area contributed by atoms with E-state index in [1.54, 1.807) is 7.05 Å². The normalized spacial score (nSPS) is 20.2. The average Bonchev–Trinajstić information content (AvgIpc) is 2.28. The van der Waals surface area contributed by atoms with Crippen LogP contribution in [0.1, 0.15) is 26.7 Å². The van der Waals surface area contributed by atoms with Crippen LogP contribution in [0.5, 0.6) is 0 Å². The molecule has 0 aromatic heterocycles. The molecule has 0 aliphatic carbocycles. The second kappa shape index (κ2) is 5.49. The van der Waals surface area contributed by atoms with Crippen molar-refractivity contribution in [3.8, 4) is 0 Å². The number of aliphatic carboxylic acids is 1. The fraction of sp³-hybridized carbons (Fsp3) is 0.833. The first kappa shape index (κ1) is 14.0. The van der Waals surface area contributed by atoms with Gasteiger partial charge in [0.2, 0.25) is 6.41 Å². The predicted molar refractivity (Wildman–Crippen MR) is 64.7 cm³/mol. The van der Waals surface area contributed by atoms with Gasteiger partial charge in [-0.1, -0.05) is 13.8 Å². The maximum Gasteiger partial charge on any atom is 0.329 e. The van der Waals surface area contributed by atoms with Gasteiger partial charge in [0.1, 0.15) is 5.54 Å². The first-order chi connectivity index (χ1) is 7.92. The van der Waals surface area contributed by atoms with Gasteiger partial charge in [0.05, 0.1) is 0 Å². The number of likely N-dealkylation sites (N-methyl/N-ethyl adjacent to an activating group) is 1. The minimum absolute atomic E-state index is 0.504. The van der Waals surface area contributed by atoms with E-state index in [1.165, 1.54) is 4.90 Å². The number of likely N-dealkylation sites (tertiary alicyclic amines) is 1. The molecule has 1 fully saturated rings. The van der Waals surface area contributed by atoms with Crippen LogP contribution >= 0.6 is 0 Å². The maximum atomic E-state index is 11.4. The minimum atomic E-state index is -1.00. The number of nitrogens with zero attached hydrogens (tertiary/aromatic N) is 2. The van der Waals surface area contributed by atoms with E-state index in [0.29, 0.717) is 25.2 Å². The summed E-state index contributed by atoms with van der Waals surface area (Å²) in [5, 5.41) is 9.34. The van der Waals surface area contributed by atoms with Gasteiger partial charge < -0.3 is 14.9 Å². The lowest BCUT2D eigenvalue weighted by Crippen LogP contribution is -2.58. The summed E-state index contributed by atoms with van der Waals surface area (Å²) < 4.78 is 0. The van der Waals surface area contributed by atoms with Gasteiger partial charge in [-0.15, -0.1) is 0 Å². The summed E-state index contributed by atoms with van der Waals surface area (Å²) in [4.78, 5) is 25.8. The maximum absolute atomic E-state index is 11.4. The first-order valence-electron chi connectivity index (χ1n) is 6.06. The van der Waals surface area contributed by atoms with Crippen LogP contribution in [-0.4, -0.2) is 59.5 Å². The van der Waals surface area contributed by atoms with Gasteiger partial charge in [0, 0.05) is 26.7 Å². The smallest absolute Gasteiger partial charge is 0.329 e. The lowest BCUT2D eigenvalue weighted by atomic mass is 9.86. The van der Waals surface area contributed by atoms with Gasteiger partial charge in [-0.3, -0.25) is 4.79 Å². The molecule has 1 heterocycles. The van der Waals surface area contributed by atoms with Gasteiger partial charge in [0.25, 0.3) is 0 Å². The number of carboxylic acids is 1. The van der Waals surface area contributed by atoms with E-state index in [9.17, 15) is 14.7 Å². The Morgan fingerprint density at radius 2 is 2.00 bits per heavy atom. The summed E-state index contributed by atoms with van der Waals surface area (Å²) in [6.07, 6.45) is 1.63. The van der Waals surface area contributed by atoms with Crippen LogP contribution in [0.4, 0.5) is 0 Å². The predicted octanol–water partition coefficient (Wildman–Crippen LogP) is 0.650. The highest BCUT2D eigenvalue weighted by Gasteiger charge is 2.44. The van der Waals surface area contributed by atoms with Crippen LogP contribution in [-0.2, 0) is 9.59 Å². The van der Waals surface area contributed by atoms with Crippen LogP contribution in [0.3, 0.4) is 0 Å². The quantitative estimate of drug-likeness (QED) is 0.719. The van der Waals surface area contributed by atoms with Gasteiger partial charge in [-0.2, -0.15) is 0 Å². The van der Waals surface area contributed by atoms with Crippen molar-refractivity contribution in [2.45, 2.75) is 32.2 Å². The molecule has 1 amide bonds. The number of carbonyl (C=O) groups excluding carboxylic acids is 1. The molecule has 0 atom stereocenters. The zero-order valence-electron chi connectivity index (χ0n) is 10.8. The van der Waals surface area contributed by atoms with Crippen molar-refractivity contribution >= 4 is 12.4 Å². The third-order valence-corrected chi connectivity index (χ3v) is 3.54. The molecular formula is C12H22N2O3. The fourth-order valence-corrected chi connectivity index (χ4v) is 2.44. The Balaban J connectivity index is 2.68. The molecular weight excluding hydrogens is 220 g/mol. The van der Waals surface area contributed by atoms with E-state index in [0.717, 1.165) is 19.6 Å². The number of rotatable bonds is 5. The zero-order valence-corrected chi connectivity index (χ0v) is 10.8. The Hall–Kier alpha value is -1.10. The minimum Gasteiger partial charge on any atom is -0.479 e. The Kier molecular flexibility index (Phi) is 4.51. The van der Waals surface area contributed by atoms with Crippen LogP contribution in [0, 0.1) is 5.92 Å². The molecule has 1 aliphatic heterocycles. The van der Waals surface area contributed by atoms with Crippen molar-refractivity contribution in [2.75, 3.05) is 26.7 Å². The van der Waals surface area contributed by atoms with Crippen LogP contribution in [0.25, 0.3) is 0 Å². The number of hydrogen-bond donors (Lipinski definition) is 1. The molecule has 17 heavy (non-hydrogen) atoms.